The van der Waals surface area contributed by atoms with Gasteiger partial charge >= 0.3 is 0 Å². The number of rotatable bonds is 6. The number of likely N-dealkylation sites (N-methyl/N-ethyl adjacent to an activating group) is 1. The highest BCUT2D eigenvalue weighted by Crippen LogP contribution is 2.19. The van der Waals surface area contributed by atoms with E-state index in [0.717, 1.165) is 12.3 Å². The number of hydrogen-bond donors (Lipinski definition) is 0. The van der Waals surface area contributed by atoms with E-state index in [1.165, 1.54) is 0 Å². The Morgan fingerprint density at radius 2 is 1.67 bits per heavy atom. The summed E-state index contributed by atoms with van der Waals surface area (Å²) in [5.74, 6) is 0.605. The molecule has 0 heterocycles. The minimum absolute atomic E-state index is 0.241. The van der Waals surface area contributed by atoms with Crippen molar-refractivity contribution in [3.8, 4) is 0 Å². The van der Waals surface area contributed by atoms with Crippen LogP contribution in [-0.2, 0) is 4.79 Å². The van der Waals surface area contributed by atoms with Crippen molar-refractivity contribution >= 4 is 11.5 Å². The van der Waals surface area contributed by atoms with Crippen molar-refractivity contribution in [2.75, 3.05) is 20.6 Å². The molecular weight excluding hydrogens is 224 g/mol. The average Bonchev–Trinajstić information content (AvgIpc) is 2.13. The van der Waals surface area contributed by atoms with Crippen LogP contribution in [0.5, 0.6) is 0 Å². The van der Waals surface area contributed by atoms with Crippen molar-refractivity contribution in [2.45, 2.75) is 54.0 Å². The summed E-state index contributed by atoms with van der Waals surface area (Å²) in [6, 6.07) is 0.241. The van der Waals surface area contributed by atoms with Gasteiger partial charge < -0.3 is 4.90 Å². The van der Waals surface area contributed by atoms with E-state index >= 15 is 0 Å². The van der Waals surface area contributed by atoms with Gasteiger partial charge in [0.05, 0.1) is 6.04 Å². The van der Waals surface area contributed by atoms with Crippen molar-refractivity contribution in [1.82, 2.24) is 4.90 Å². The molecule has 0 aliphatic rings. The van der Waals surface area contributed by atoms with E-state index in [1.807, 2.05) is 34.9 Å². The Morgan fingerprint density at radius 3 is 2.00 bits per heavy atom. The van der Waals surface area contributed by atoms with Gasteiger partial charge in [0.1, 0.15) is 5.78 Å². The molecule has 3 nitrogen and oxygen atoms in total. The standard InChI is InChI=1S/C15H30N2O/c1-11(2)13(9-14(18)15(4,5)6)16-12(3)10-17(7)8/h11-12H,9-10H2,1-8H3/t12-/m0/s1. The zero-order valence-electron chi connectivity index (χ0n) is 13.4. The lowest BCUT2D eigenvalue weighted by atomic mass is 9.86. The first-order chi connectivity index (χ1) is 8.04. The highest BCUT2D eigenvalue weighted by atomic mass is 16.1. The van der Waals surface area contributed by atoms with Gasteiger partial charge in [0.2, 0.25) is 0 Å². The molecule has 0 aliphatic heterocycles. The van der Waals surface area contributed by atoms with Gasteiger partial charge in [-0.05, 0) is 26.9 Å². The Bertz CT molecular complexity index is 298. The van der Waals surface area contributed by atoms with E-state index in [1.54, 1.807) is 0 Å². The summed E-state index contributed by atoms with van der Waals surface area (Å²) in [7, 11) is 4.09. The van der Waals surface area contributed by atoms with Gasteiger partial charge in [-0.2, -0.15) is 0 Å². The van der Waals surface area contributed by atoms with Crippen molar-refractivity contribution in [3.63, 3.8) is 0 Å². The minimum atomic E-state index is -0.277. The lowest BCUT2D eigenvalue weighted by Gasteiger charge is -2.21. The monoisotopic (exact) mass is 254 g/mol. The van der Waals surface area contributed by atoms with Gasteiger partial charge in [-0.1, -0.05) is 34.6 Å². The molecule has 18 heavy (non-hydrogen) atoms. The maximum atomic E-state index is 12.1. The first kappa shape index (κ1) is 17.3. The van der Waals surface area contributed by atoms with Crippen LogP contribution in [0.1, 0.15) is 48.0 Å². The number of nitrogens with zero attached hydrogens (tertiary/aromatic N) is 2. The maximum Gasteiger partial charge on any atom is 0.143 e. The largest absolute Gasteiger partial charge is 0.307 e. The SMILES string of the molecule is CC(C)C(CC(=O)C(C)(C)C)=N[C@@H](C)CN(C)C. The van der Waals surface area contributed by atoms with Gasteiger partial charge in [-0.15, -0.1) is 0 Å². The number of ketones is 1. The lowest BCUT2D eigenvalue weighted by molar-refractivity contribution is -0.125. The predicted molar refractivity (Wildman–Crippen MR) is 79.4 cm³/mol. The molecule has 0 unspecified atom stereocenters. The van der Waals surface area contributed by atoms with Gasteiger partial charge in [0.15, 0.2) is 0 Å². The zero-order chi connectivity index (χ0) is 14.5. The Labute approximate surface area is 113 Å². The van der Waals surface area contributed by atoms with Crippen LogP contribution in [0.15, 0.2) is 4.99 Å². The number of carbonyl (C=O) groups is 1. The lowest BCUT2D eigenvalue weighted by Crippen LogP contribution is -2.28. The van der Waals surface area contributed by atoms with Crippen LogP contribution >= 0.6 is 0 Å². The van der Waals surface area contributed by atoms with Gasteiger partial charge in [0.25, 0.3) is 0 Å². The van der Waals surface area contributed by atoms with Gasteiger partial charge in [-0.3, -0.25) is 9.79 Å². The Balaban J connectivity index is 4.77. The van der Waals surface area contributed by atoms with Crippen LogP contribution in [0.3, 0.4) is 0 Å². The van der Waals surface area contributed by atoms with E-state index in [2.05, 4.69) is 25.7 Å². The molecule has 0 N–H and O–H groups in total. The molecule has 106 valence electrons. The van der Waals surface area contributed by atoms with E-state index in [9.17, 15) is 4.79 Å². The third-order valence-corrected chi connectivity index (χ3v) is 2.86. The van der Waals surface area contributed by atoms with Crippen LogP contribution in [0, 0.1) is 11.3 Å². The Hall–Kier alpha value is -0.700. The molecule has 1 atom stereocenters. The first-order valence-corrected chi connectivity index (χ1v) is 6.78. The quantitative estimate of drug-likeness (QED) is 0.683. The van der Waals surface area contributed by atoms with Crippen LogP contribution in [0.25, 0.3) is 0 Å². The number of Topliss-reactive ketones (excluding diaryl/α,β-unsaturated/α-hetero) is 1. The van der Waals surface area contributed by atoms with Crippen LogP contribution in [0.4, 0.5) is 0 Å². The van der Waals surface area contributed by atoms with Gasteiger partial charge in [0, 0.05) is 24.1 Å². The highest BCUT2D eigenvalue weighted by Gasteiger charge is 2.23. The highest BCUT2D eigenvalue weighted by molar-refractivity contribution is 6.04. The number of carbonyl (C=O) groups excluding carboxylic acids is 1. The fourth-order valence-electron chi connectivity index (χ4n) is 1.68. The summed E-state index contributed by atoms with van der Waals surface area (Å²) >= 11 is 0. The molecule has 0 aromatic rings. The maximum absolute atomic E-state index is 12.1. The van der Waals surface area contributed by atoms with Crippen molar-refractivity contribution in [3.05, 3.63) is 0 Å². The third kappa shape index (κ3) is 6.90. The molecule has 0 rings (SSSR count). The molecular formula is C15H30N2O. The van der Waals surface area contributed by atoms with E-state index in [-0.39, 0.29) is 17.2 Å². The topological polar surface area (TPSA) is 32.7 Å². The second kappa shape index (κ2) is 7.03. The molecule has 3 heteroatoms. The van der Waals surface area contributed by atoms with E-state index < -0.39 is 0 Å². The summed E-state index contributed by atoms with van der Waals surface area (Å²) in [6.07, 6.45) is 0.485. The van der Waals surface area contributed by atoms with Crippen molar-refractivity contribution in [1.29, 1.82) is 0 Å². The average molecular weight is 254 g/mol. The molecule has 0 spiro atoms. The molecule has 0 aliphatic carbocycles. The predicted octanol–water partition coefficient (Wildman–Crippen LogP) is 3.04. The number of hydrogen-bond acceptors (Lipinski definition) is 3. The van der Waals surface area contributed by atoms with E-state index in [0.29, 0.717) is 12.3 Å². The Kier molecular flexibility index (Phi) is 6.76. The molecule has 0 saturated heterocycles. The second-order valence-corrected chi connectivity index (χ2v) is 6.74. The van der Waals surface area contributed by atoms with E-state index in [4.69, 9.17) is 4.99 Å². The molecule has 0 bridgehead atoms. The summed E-state index contributed by atoms with van der Waals surface area (Å²) in [4.78, 5) is 18.9. The molecule has 0 aromatic heterocycles. The van der Waals surface area contributed by atoms with Crippen LogP contribution < -0.4 is 0 Å². The summed E-state index contributed by atoms with van der Waals surface area (Å²) < 4.78 is 0. The molecule has 0 saturated carbocycles. The summed E-state index contributed by atoms with van der Waals surface area (Å²) in [6.45, 7) is 13.1. The first-order valence-electron chi connectivity index (χ1n) is 6.78. The molecule has 0 amide bonds. The van der Waals surface area contributed by atoms with Crippen molar-refractivity contribution < 1.29 is 4.79 Å². The summed E-state index contributed by atoms with van der Waals surface area (Å²) in [5, 5.41) is 0. The third-order valence-electron chi connectivity index (χ3n) is 2.86. The van der Waals surface area contributed by atoms with Crippen molar-refractivity contribution in [2.24, 2.45) is 16.3 Å². The number of aliphatic imine (C=N–C) groups is 1. The fraction of sp³-hybridized carbons (Fsp3) is 0.867. The molecule has 0 aromatic carbocycles. The Morgan fingerprint density at radius 1 is 1.17 bits per heavy atom. The summed E-state index contributed by atoms with van der Waals surface area (Å²) in [5.41, 5.74) is 0.754. The normalized spacial score (nSPS) is 15.3. The molecule has 0 fully saturated rings. The van der Waals surface area contributed by atoms with Crippen LogP contribution in [-0.4, -0.2) is 43.1 Å². The van der Waals surface area contributed by atoms with Crippen LogP contribution in [0.2, 0.25) is 0 Å². The minimum Gasteiger partial charge on any atom is -0.307 e. The fourth-order valence-corrected chi connectivity index (χ4v) is 1.68. The molecule has 0 radical (unpaired) electrons. The van der Waals surface area contributed by atoms with Gasteiger partial charge in [-0.25, -0.2) is 0 Å². The second-order valence-electron chi connectivity index (χ2n) is 6.74. The smallest absolute Gasteiger partial charge is 0.143 e. The zero-order valence-corrected chi connectivity index (χ0v) is 13.4.